The van der Waals surface area contributed by atoms with E-state index in [9.17, 15) is 17.6 Å². The van der Waals surface area contributed by atoms with Crippen molar-refractivity contribution in [2.75, 3.05) is 0 Å². The second-order valence-electron chi connectivity index (χ2n) is 5.59. The highest BCUT2D eigenvalue weighted by Crippen LogP contribution is 2.41. The molecule has 1 saturated carbocycles. The molecule has 0 heterocycles. The molecule has 2 N–H and O–H groups in total. The number of hydrogen-bond donors (Lipinski definition) is 1. The third-order valence-corrected chi connectivity index (χ3v) is 4.49. The minimum Gasteiger partial charge on any atom is -0.325 e. The van der Waals surface area contributed by atoms with Crippen LogP contribution in [0.5, 0.6) is 0 Å². The monoisotopic (exact) mass is 353 g/mol. The molecule has 1 nitrogen and oxygen atoms in total. The first kappa shape index (κ1) is 15.8. The molecule has 112 valence electrons. The Morgan fingerprint density at radius 2 is 1.85 bits per heavy atom. The van der Waals surface area contributed by atoms with Crippen LogP contribution in [-0.4, -0.2) is 11.7 Å². The first-order valence-corrected chi connectivity index (χ1v) is 7.28. The Kier molecular flexibility index (Phi) is 4.44. The van der Waals surface area contributed by atoms with Crippen molar-refractivity contribution in [3.8, 4) is 0 Å². The standard InChI is InChI=1S/C14H16BrF4N/c15-11-1-2-12(16)9(7-11)8-13(20)5-3-10(4-6-13)14(17,18)19/h1-2,7,10H,3-6,8,20H2. The summed E-state index contributed by atoms with van der Waals surface area (Å²) in [4.78, 5) is 0. The Hall–Kier alpha value is -0.620. The molecular formula is C14H16BrF4N. The summed E-state index contributed by atoms with van der Waals surface area (Å²) < 4.78 is 52.3. The maximum atomic E-state index is 13.7. The van der Waals surface area contributed by atoms with Gasteiger partial charge in [-0.15, -0.1) is 0 Å². The molecule has 0 bridgehead atoms. The van der Waals surface area contributed by atoms with E-state index in [1.807, 2.05) is 0 Å². The fraction of sp³-hybridized carbons (Fsp3) is 0.571. The molecule has 1 aromatic rings. The van der Waals surface area contributed by atoms with Gasteiger partial charge in [-0.3, -0.25) is 0 Å². The molecule has 6 heteroatoms. The molecule has 0 aromatic heterocycles. The van der Waals surface area contributed by atoms with Crippen LogP contribution < -0.4 is 5.73 Å². The smallest absolute Gasteiger partial charge is 0.325 e. The normalized spacial score (nSPS) is 27.6. The van der Waals surface area contributed by atoms with Crippen LogP contribution in [0.2, 0.25) is 0 Å². The molecule has 0 unspecified atom stereocenters. The summed E-state index contributed by atoms with van der Waals surface area (Å²) in [7, 11) is 0. The van der Waals surface area contributed by atoms with Crippen LogP contribution in [0.4, 0.5) is 17.6 Å². The highest BCUT2D eigenvalue weighted by molar-refractivity contribution is 9.10. The van der Waals surface area contributed by atoms with Gasteiger partial charge in [0.05, 0.1) is 5.92 Å². The van der Waals surface area contributed by atoms with Gasteiger partial charge in [-0.1, -0.05) is 15.9 Å². The molecule has 0 saturated heterocycles. The minimum absolute atomic E-state index is 0.0234. The summed E-state index contributed by atoms with van der Waals surface area (Å²) in [5.74, 6) is -1.64. The number of nitrogens with two attached hydrogens (primary N) is 1. The fourth-order valence-corrected chi connectivity index (χ4v) is 3.16. The van der Waals surface area contributed by atoms with Gasteiger partial charge in [-0.05, 0) is 55.9 Å². The van der Waals surface area contributed by atoms with Gasteiger partial charge in [0.2, 0.25) is 0 Å². The Morgan fingerprint density at radius 1 is 1.25 bits per heavy atom. The van der Waals surface area contributed by atoms with E-state index in [-0.39, 0.29) is 37.9 Å². The highest BCUT2D eigenvalue weighted by atomic mass is 79.9. The maximum Gasteiger partial charge on any atom is 0.391 e. The third kappa shape index (κ3) is 3.73. The van der Waals surface area contributed by atoms with E-state index in [4.69, 9.17) is 5.73 Å². The first-order chi connectivity index (χ1) is 9.20. The van der Waals surface area contributed by atoms with Crippen LogP contribution in [0.1, 0.15) is 31.2 Å². The first-order valence-electron chi connectivity index (χ1n) is 6.49. The van der Waals surface area contributed by atoms with Gasteiger partial charge in [-0.2, -0.15) is 13.2 Å². The quantitative estimate of drug-likeness (QED) is 0.773. The van der Waals surface area contributed by atoms with E-state index in [0.29, 0.717) is 5.56 Å². The second-order valence-corrected chi connectivity index (χ2v) is 6.51. The predicted molar refractivity (Wildman–Crippen MR) is 72.7 cm³/mol. The van der Waals surface area contributed by atoms with E-state index >= 15 is 0 Å². The topological polar surface area (TPSA) is 26.0 Å². The lowest BCUT2D eigenvalue weighted by Crippen LogP contribution is -2.47. The lowest BCUT2D eigenvalue weighted by Gasteiger charge is -2.38. The van der Waals surface area contributed by atoms with E-state index in [1.54, 1.807) is 12.1 Å². The number of rotatable bonds is 2. The fourth-order valence-electron chi connectivity index (χ4n) is 2.75. The Labute approximate surface area is 123 Å². The van der Waals surface area contributed by atoms with Crippen molar-refractivity contribution < 1.29 is 17.6 Å². The van der Waals surface area contributed by atoms with Crippen molar-refractivity contribution in [3.05, 3.63) is 34.1 Å². The lowest BCUT2D eigenvalue weighted by atomic mass is 9.74. The molecule has 0 spiro atoms. The maximum absolute atomic E-state index is 13.7. The summed E-state index contributed by atoms with van der Waals surface area (Å²) in [6.45, 7) is 0. The average Bonchev–Trinajstić information content (AvgIpc) is 2.33. The molecule has 0 aliphatic heterocycles. The van der Waals surface area contributed by atoms with Gasteiger partial charge in [0.15, 0.2) is 0 Å². The zero-order chi connectivity index (χ0) is 15.0. The van der Waals surface area contributed by atoms with Gasteiger partial charge in [0.25, 0.3) is 0 Å². The largest absolute Gasteiger partial charge is 0.391 e. The molecule has 0 radical (unpaired) electrons. The highest BCUT2D eigenvalue weighted by Gasteiger charge is 2.44. The summed E-state index contributed by atoms with van der Waals surface area (Å²) >= 11 is 3.26. The molecule has 1 aromatic carbocycles. The molecule has 1 aliphatic rings. The predicted octanol–water partition coefficient (Wildman–Crippen LogP) is 4.58. The van der Waals surface area contributed by atoms with Crippen molar-refractivity contribution in [3.63, 3.8) is 0 Å². The average molecular weight is 354 g/mol. The summed E-state index contributed by atoms with van der Waals surface area (Å²) in [5, 5.41) is 0. The molecule has 1 fully saturated rings. The zero-order valence-corrected chi connectivity index (χ0v) is 12.4. The van der Waals surface area contributed by atoms with Gasteiger partial charge < -0.3 is 5.73 Å². The molecule has 0 atom stereocenters. The van der Waals surface area contributed by atoms with Crippen molar-refractivity contribution in [2.45, 2.75) is 43.8 Å². The molecular weight excluding hydrogens is 338 g/mol. The third-order valence-electron chi connectivity index (χ3n) is 3.99. The van der Waals surface area contributed by atoms with Crippen molar-refractivity contribution in [1.29, 1.82) is 0 Å². The molecule has 1 aliphatic carbocycles. The summed E-state index contributed by atoms with van der Waals surface area (Å²) in [5.41, 5.74) is 5.87. The van der Waals surface area contributed by atoms with Crippen molar-refractivity contribution in [2.24, 2.45) is 11.7 Å². The Balaban J connectivity index is 2.05. The van der Waals surface area contributed by atoms with E-state index in [1.165, 1.54) is 6.07 Å². The van der Waals surface area contributed by atoms with Crippen LogP contribution in [-0.2, 0) is 6.42 Å². The minimum atomic E-state index is -4.15. The van der Waals surface area contributed by atoms with E-state index in [0.717, 1.165) is 4.47 Å². The Bertz CT molecular complexity index is 479. The lowest BCUT2D eigenvalue weighted by molar-refractivity contribution is -0.184. The van der Waals surface area contributed by atoms with Crippen LogP contribution >= 0.6 is 15.9 Å². The number of hydrogen-bond acceptors (Lipinski definition) is 1. The van der Waals surface area contributed by atoms with Gasteiger partial charge in [0, 0.05) is 10.0 Å². The van der Waals surface area contributed by atoms with Crippen molar-refractivity contribution in [1.82, 2.24) is 0 Å². The van der Waals surface area contributed by atoms with Crippen LogP contribution in [0.15, 0.2) is 22.7 Å². The van der Waals surface area contributed by atoms with Crippen LogP contribution in [0.25, 0.3) is 0 Å². The summed E-state index contributed by atoms with van der Waals surface area (Å²) in [6, 6.07) is 4.56. The van der Waals surface area contributed by atoms with Gasteiger partial charge >= 0.3 is 6.18 Å². The second kappa shape index (κ2) is 5.64. The molecule has 2 rings (SSSR count). The molecule has 0 amide bonds. The zero-order valence-electron chi connectivity index (χ0n) is 10.8. The number of benzene rings is 1. The van der Waals surface area contributed by atoms with E-state index in [2.05, 4.69) is 15.9 Å². The van der Waals surface area contributed by atoms with Crippen LogP contribution in [0.3, 0.4) is 0 Å². The summed E-state index contributed by atoms with van der Waals surface area (Å²) in [6.07, 6.45) is -3.30. The van der Waals surface area contributed by atoms with Crippen molar-refractivity contribution >= 4 is 15.9 Å². The van der Waals surface area contributed by atoms with Gasteiger partial charge in [-0.25, -0.2) is 4.39 Å². The van der Waals surface area contributed by atoms with E-state index < -0.39 is 17.6 Å². The van der Waals surface area contributed by atoms with Crippen LogP contribution in [0, 0.1) is 11.7 Å². The van der Waals surface area contributed by atoms with Gasteiger partial charge in [0.1, 0.15) is 5.82 Å². The molecule has 20 heavy (non-hydrogen) atoms. The number of halogens is 5. The Morgan fingerprint density at radius 3 is 2.40 bits per heavy atom. The number of alkyl halides is 3. The SMILES string of the molecule is NC1(Cc2cc(Br)ccc2F)CCC(C(F)(F)F)CC1.